The normalized spacial score (nSPS) is 15.1. The van der Waals surface area contributed by atoms with Gasteiger partial charge in [0.05, 0.1) is 9.50 Å². The maximum atomic E-state index is 12.3. The van der Waals surface area contributed by atoms with Gasteiger partial charge in [-0.1, -0.05) is 41.4 Å². The second-order valence-electron chi connectivity index (χ2n) is 5.92. The van der Waals surface area contributed by atoms with Crippen molar-refractivity contribution in [2.24, 2.45) is 0 Å². The zero-order valence-electron chi connectivity index (χ0n) is 14.5. The highest BCUT2D eigenvalue weighted by atomic mass is 79.9. The molecule has 144 valence electrons. The molecule has 28 heavy (non-hydrogen) atoms. The van der Waals surface area contributed by atoms with Crippen LogP contribution in [0.25, 0.3) is 6.08 Å². The molecule has 3 rings (SSSR count). The van der Waals surface area contributed by atoms with Crippen LogP contribution < -0.4 is 10.1 Å². The van der Waals surface area contributed by atoms with Gasteiger partial charge in [-0.05, 0) is 57.4 Å². The fourth-order valence-electron chi connectivity index (χ4n) is 2.57. The molecular weight excluding hydrogens is 467 g/mol. The molecule has 2 aromatic rings. The summed E-state index contributed by atoms with van der Waals surface area (Å²) in [5.41, 5.74) is 1.75. The first-order chi connectivity index (χ1) is 13.4. The molecule has 2 aromatic carbocycles. The number of imide groups is 1. The molecule has 5 nitrogen and oxygen atoms in total. The van der Waals surface area contributed by atoms with Crippen LogP contribution in [0.3, 0.4) is 0 Å². The summed E-state index contributed by atoms with van der Waals surface area (Å²) in [6, 6.07) is 10.2. The Labute approximate surface area is 180 Å². The number of nitrogens with zero attached hydrogens (tertiary/aromatic N) is 1. The van der Waals surface area contributed by atoms with Gasteiger partial charge in [0.1, 0.15) is 12.3 Å². The predicted octanol–water partition coefficient (Wildman–Crippen LogP) is 5.41. The SMILES string of the molecule is C=CCN1C(=O)N/C(=C/c2cc(Cl)c(OCc3ccc(Cl)cc3)c(Br)c2)C1=O. The number of rotatable bonds is 6. The van der Waals surface area contributed by atoms with Crippen LogP contribution in [0.15, 0.2) is 59.2 Å². The van der Waals surface area contributed by atoms with Crippen molar-refractivity contribution in [2.45, 2.75) is 6.61 Å². The van der Waals surface area contributed by atoms with Crippen LogP contribution >= 0.6 is 39.1 Å². The molecule has 1 saturated heterocycles. The van der Waals surface area contributed by atoms with Crippen molar-refractivity contribution in [2.75, 3.05) is 6.54 Å². The number of hydrogen-bond acceptors (Lipinski definition) is 3. The second kappa shape index (κ2) is 8.82. The van der Waals surface area contributed by atoms with E-state index in [0.717, 1.165) is 10.5 Å². The van der Waals surface area contributed by atoms with Crippen molar-refractivity contribution in [3.63, 3.8) is 0 Å². The van der Waals surface area contributed by atoms with Gasteiger partial charge >= 0.3 is 6.03 Å². The highest BCUT2D eigenvalue weighted by molar-refractivity contribution is 9.10. The number of benzene rings is 2. The third-order valence-electron chi connectivity index (χ3n) is 3.90. The van der Waals surface area contributed by atoms with Gasteiger partial charge in [0.25, 0.3) is 5.91 Å². The van der Waals surface area contributed by atoms with E-state index in [1.165, 1.54) is 6.08 Å². The van der Waals surface area contributed by atoms with Gasteiger partial charge in [0, 0.05) is 11.6 Å². The molecule has 1 aliphatic rings. The fraction of sp³-hybridized carbons (Fsp3) is 0.100. The number of amides is 3. The van der Waals surface area contributed by atoms with Gasteiger partial charge in [-0.2, -0.15) is 0 Å². The minimum Gasteiger partial charge on any atom is -0.486 e. The third-order valence-corrected chi connectivity index (χ3v) is 5.02. The Morgan fingerprint density at radius 3 is 2.54 bits per heavy atom. The average molecular weight is 482 g/mol. The first-order valence-electron chi connectivity index (χ1n) is 8.20. The molecule has 1 heterocycles. The highest BCUT2D eigenvalue weighted by Crippen LogP contribution is 2.36. The van der Waals surface area contributed by atoms with Gasteiger partial charge in [-0.15, -0.1) is 6.58 Å². The quantitative estimate of drug-likeness (QED) is 0.340. The molecule has 0 aliphatic carbocycles. The maximum absolute atomic E-state index is 12.3. The summed E-state index contributed by atoms with van der Waals surface area (Å²) in [4.78, 5) is 25.2. The van der Waals surface area contributed by atoms with Crippen molar-refractivity contribution < 1.29 is 14.3 Å². The van der Waals surface area contributed by atoms with Crippen LogP contribution in [0.2, 0.25) is 10.0 Å². The van der Waals surface area contributed by atoms with Gasteiger partial charge in [-0.3, -0.25) is 9.69 Å². The van der Waals surface area contributed by atoms with Gasteiger partial charge in [0.2, 0.25) is 0 Å². The molecule has 1 fully saturated rings. The number of carbonyl (C=O) groups excluding carboxylic acids is 2. The van der Waals surface area contributed by atoms with Crippen LogP contribution in [0.1, 0.15) is 11.1 Å². The topological polar surface area (TPSA) is 58.6 Å². The fourth-order valence-corrected chi connectivity index (χ4v) is 3.68. The van der Waals surface area contributed by atoms with E-state index in [1.54, 1.807) is 30.3 Å². The van der Waals surface area contributed by atoms with E-state index >= 15 is 0 Å². The lowest BCUT2D eigenvalue weighted by molar-refractivity contribution is -0.122. The molecule has 1 N–H and O–H groups in total. The molecule has 0 spiro atoms. The van der Waals surface area contributed by atoms with Crippen molar-refractivity contribution in [3.8, 4) is 5.75 Å². The van der Waals surface area contributed by atoms with Gasteiger partial charge < -0.3 is 10.1 Å². The summed E-state index contributed by atoms with van der Waals surface area (Å²) in [7, 11) is 0. The Morgan fingerprint density at radius 1 is 1.18 bits per heavy atom. The average Bonchev–Trinajstić information content (AvgIpc) is 2.90. The molecule has 0 atom stereocenters. The summed E-state index contributed by atoms with van der Waals surface area (Å²) in [6.07, 6.45) is 3.05. The molecule has 0 saturated carbocycles. The van der Waals surface area contributed by atoms with E-state index < -0.39 is 11.9 Å². The van der Waals surface area contributed by atoms with Crippen LogP contribution in [0, 0.1) is 0 Å². The summed E-state index contributed by atoms with van der Waals surface area (Å²) >= 11 is 15.7. The first-order valence-corrected chi connectivity index (χ1v) is 9.75. The monoisotopic (exact) mass is 480 g/mol. The Balaban J connectivity index is 1.78. The predicted molar refractivity (Wildman–Crippen MR) is 113 cm³/mol. The number of urea groups is 1. The number of hydrogen-bond donors (Lipinski definition) is 1. The number of carbonyl (C=O) groups is 2. The number of halogens is 3. The summed E-state index contributed by atoms with van der Waals surface area (Å²) in [5.74, 6) is 0.0639. The molecule has 0 bridgehead atoms. The Bertz CT molecular complexity index is 951. The lowest BCUT2D eigenvalue weighted by Crippen LogP contribution is -2.30. The minimum absolute atomic E-state index is 0.143. The standard InChI is InChI=1S/C20H15BrCl2N2O3/c1-2-7-25-19(26)17(24-20(25)27)10-13-8-15(21)18(16(23)9-13)28-11-12-3-5-14(22)6-4-12/h2-6,8-10H,1,7,11H2,(H,24,27)/b17-10+. The van der Waals surface area contributed by atoms with Crippen LogP contribution in [-0.2, 0) is 11.4 Å². The zero-order valence-corrected chi connectivity index (χ0v) is 17.6. The molecule has 0 unspecified atom stereocenters. The lowest BCUT2D eigenvalue weighted by atomic mass is 10.1. The van der Waals surface area contributed by atoms with Crippen molar-refractivity contribution in [1.82, 2.24) is 10.2 Å². The van der Waals surface area contributed by atoms with E-state index in [0.29, 0.717) is 32.4 Å². The van der Waals surface area contributed by atoms with Gasteiger partial charge in [0.15, 0.2) is 5.75 Å². The number of ether oxygens (including phenoxy) is 1. The molecule has 8 heteroatoms. The van der Waals surface area contributed by atoms with Crippen LogP contribution in [0.5, 0.6) is 5.75 Å². The summed E-state index contributed by atoms with van der Waals surface area (Å²) in [5, 5.41) is 3.57. The smallest absolute Gasteiger partial charge is 0.329 e. The van der Waals surface area contributed by atoms with E-state index in [1.807, 2.05) is 12.1 Å². The van der Waals surface area contributed by atoms with Crippen molar-refractivity contribution in [1.29, 1.82) is 0 Å². The molecule has 1 aliphatic heterocycles. The Morgan fingerprint density at radius 2 is 1.89 bits per heavy atom. The molecule has 0 aromatic heterocycles. The maximum Gasteiger partial charge on any atom is 0.329 e. The Hall–Kier alpha value is -2.28. The minimum atomic E-state index is -0.482. The van der Waals surface area contributed by atoms with E-state index in [2.05, 4.69) is 27.8 Å². The lowest BCUT2D eigenvalue weighted by Gasteiger charge is -2.11. The zero-order chi connectivity index (χ0) is 20.3. The second-order valence-corrected chi connectivity index (χ2v) is 7.62. The van der Waals surface area contributed by atoms with Crippen molar-refractivity contribution in [3.05, 3.63) is 80.4 Å². The molecular formula is C20H15BrCl2N2O3. The third kappa shape index (κ3) is 4.58. The number of nitrogens with one attached hydrogen (secondary N) is 1. The largest absolute Gasteiger partial charge is 0.486 e. The van der Waals surface area contributed by atoms with E-state index in [9.17, 15) is 9.59 Å². The van der Waals surface area contributed by atoms with E-state index in [-0.39, 0.29) is 12.2 Å². The molecule has 0 radical (unpaired) electrons. The summed E-state index contributed by atoms with van der Waals surface area (Å²) < 4.78 is 6.43. The highest BCUT2D eigenvalue weighted by Gasteiger charge is 2.32. The van der Waals surface area contributed by atoms with Crippen molar-refractivity contribution >= 4 is 57.1 Å². The molecule has 3 amide bonds. The summed E-state index contributed by atoms with van der Waals surface area (Å²) in [6.45, 7) is 4.00. The van der Waals surface area contributed by atoms with Crippen LogP contribution in [-0.4, -0.2) is 23.4 Å². The van der Waals surface area contributed by atoms with Gasteiger partial charge in [-0.25, -0.2) is 4.79 Å². The van der Waals surface area contributed by atoms with Crippen LogP contribution in [0.4, 0.5) is 4.79 Å². The first kappa shape index (κ1) is 20.5. The Kier molecular flexibility index (Phi) is 6.44. The van der Waals surface area contributed by atoms with E-state index in [4.69, 9.17) is 27.9 Å².